The van der Waals surface area contributed by atoms with E-state index in [9.17, 15) is 17.8 Å². The molecule has 0 bridgehead atoms. The van der Waals surface area contributed by atoms with Gasteiger partial charge in [-0.1, -0.05) is 64.7 Å². The maximum absolute atomic E-state index is 11.4. The molecular formula is C15H29NaO5S. The van der Waals surface area contributed by atoms with Crippen molar-refractivity contribution >= 4 is 15.9 Å². The summed E-state index contributed by atoms with van der Waals surface area (Å²) in [5.74, 6) is -0.360. The molecule has 1 N–H and O–H groups in total. The van der Waals surface area contributed by atoms with Gasteiger partial charge in [0.05, 0.1) is 0 Å². The molecule has 0 spiro atoms. The summed E-state index contributed by atoms with van der Waals surface area (Å²) >= 11 is 0. The average Bonchev–Trinajstić information content (AvgIpc) is 2.39. The molecule has 0 aromatic rings. The maximum atomic E-state index is 11.4. The standard InChI is InChI=1S/C15H30O5S.Na/c1-2-3-4-5-6-7-8-9-10-11-12-14(16)13-15(17)21(18,19)20;/h15,17H,2-13H2,1H3,(H,18,19,20);/q;+1/p-1. The van der Waals surface area contributed by atoms with Gasteiger partial charge in [0.2, 0.25) is 0 Å². The Hall–Kier alpha value is 0.540. The Kier molecular flexibility index (Phi) is 17.0. The van der Waals surface area contributed by atoms with Crippen LogP contribution in [0.25, 0.3) is 0 Å². The molecule has 0 aromatic heterocycles. The van der Waals surface area contributed by atoms with Crippen LogP contribution in [0, 0.1) is 0 Å². The van der Waals surface area contributed by atoms with Gasteiger partial charge in [-0.3, -0.25) is 4.79 Å². The maximum Gasteiger partial charge on any atom is 1.00 e. The topological polar surface area (TPSA) is 94.5 Å². The summed E-state index contributed by atoms with van der Waals surface area (Å²) in [4.78, 5) is 11.4. The summed E-state index contributed by atoms with van der Waals surface area (Å²) in [6.07, 6.45) is 11.2. The molecule has 0 amide bonds. The van der Waals surface area contributed by atoms with Gasteiger partial charge in [-0.2, -0.15) is 0 Å². The normalized spacial score (nSPS) is 12.7. The van der Waals surface area contributed by atoms with Gasteiger partial charge >= 0.3 is 29.6 Å². The van der Waals surface area contributed by atoms with Crippen molar-refractivity contribution in [2.45, 2.75) is 89.4 Å². The Labute approximate surface area is 157 Å². The number of unbranched alkanes of at least 4 members (excludes halogenated alkanes) is 9. The van der Waals surface area contributed by atoms with Gasteiger partial charge in [0.25, 0.3) is 0 Å². The van der Waals surface area contributed by atoms with E-state index in [1.54, 1.807) is 0 Å². The Morgan fingerprint density at radius 1 is 0.955 bits per heavy atom. The molecule has 0 saturated heterocycles. The van der Waals surface area contributed by atoms with Gasteiger partial charge in [0.1, 0.15) is 21.3 Å². The third kappa shape index (κ3) is 15.4. The SMILES string of the molecule is CCCCCCCCCCCCC(=O)CC(O)S(=O)(=O)[O-].[Na+]. The number of carbonyl (C=O) groups excluding carboxylic acids is 1. The molecule has 0 radical (unpaired) electrons. The van der Waals surface area contributed by atoms with Gasteiger partial charge in [-0.15, -0.1) is 0 Å². The van der Waals surface area contributed by atoms with Crippen molar-refractivity contribution in [3.63, 3.8) is 0 Å². The summed E-state index contributed by atoms with van der Waals surface area (Å²) in [5, 5.41) is 9.00. The van der Waals surface area contributed by atoms with E-state index in [-0.39, 0.29) is 41.8 Å². The van der Waals surface area contributed by atoms with Crippen LogP contribution >= 0.6 is 0 Å². The molecule has 22 heavy (non-hydrogen) atoms. The molecule has 1 unspecified atom stereocenters. The predicted molar refractivity (Wildman–Crippen MR) is 81.8 cm³/mol. The number of rotatable bonds is 14. The first-order valence-corrected chi connectivity index (χ1v) is 9.49. The summed E-state index contributed by atoms with van der Waals surface area (Å²) < 4.78 is 31.4. The second kappa shape index (κ2) is 15.1. The Morgan fingerprint density at radius 2 is 1.36 bits per heavy atom. The summed E-state index contributed by atoms with van der Waals surface area (Å²) in [7, 11) is -4.77. The molecule has 0 aliphatic carbocycles. The Bertz CT molecular complexity index is 370. The summed E-state index contributed by atoms with van der Waals surface area (Å²) in [6, 6.07) is 0. The van der Waals surface area contributed by atoms with Crippen LogP contribution in [-0.4, -0.2) is 29.3 Å². The van der Waals surface area contributed by atoms with Crippen LogP contribution < -0.4 is 29.6 Å². The fourth-order valence-corrected chi connectivity index (χ4v) is 2.60. The van der Waals surface area contributed by atoms with Gasteiger partial charge in [0, 0.05) is 12.8 Å². The molecule has 0 aliphatic rings. The average molecular weight is 344 g/mol. The third-order valence-electron chi connectivity index (χ3n) is 3.54. The predicted octanol–water partition coefficient (Wildman–Crippen LogP) is 0.124. The monoisotopic (exact) mass is 344 g/mol. The molecule has 1 atom stereocenters. The van der Waals surface area contributed by atoms with E-state index in [4.69, 9.17) is 5.11 Å². The van der Waals surface area contributed by atoms with Gasteiger partial charge in [-0.25, -0.2) is 8.42 Å². The van der Waals surface area contributed by atoms with Crippen molar-refractivity contribution in [3.05, 3.63) is 0 Å². The fourth-order valence-electron chi connectivity index (χ4n) is 2.21. The number of hydrogen-bond acceptors (Lipinski definition) is 5. The molecule has 7 heteroatoms. The van der Waals surface area contributed by atoms with E-state index in [2.05, 4.69) is 6.92 Å². The number of carbonyl (C=O) groups is 1. The summed E-state index contributed by atoms with van der Waals surface area (Å²) in [6.45, 7) is 2.20. The van der Waals surface area contributed by atoms with Gasteiger partial charge in [0.15, 0.2) is 0 Å². The minimum atomic E-state index is -4.77. The van der Waals surface area contributed by atoms with Crippen LogP contribution in [-0.2, 0) is 14.9 Å². The molecule has 126 valence electrons. The number of ketones is 1. The second-order valence-corrected chi connectivity index (χ2v) is 7.15. The minimum absolute atomic E-state index is 0. The van der Waals surface area contributed by atoms with Crippen LogP contribution in [0.1, 0.15) is 84.0 Å². The Morgan fingerprint density at radius 3 is 1.77 bits per heavy atom. The number of aliphatic hydroxyl groups excluding tert-OH is 1. The molecule has 0 fully saturated rings. The zero-order valence-corrected chi connectivity index (χ0v) is 16.9. The molecule has 0 aromatic carbocycles. The smallest absolute Gasteiger partial charge is 0.746 e. The van der Waals surface area contributed by atoms with Gasteiger partial charge in [-0.05, 0) is 6.42 Å². The van der Waals surface area contributed by atoms with Crippen molar-refractivity contribution < 1.29 is 52.4 Å². The first-order chi connectivity index (χ1) is 9.88. The molecule has 0 saturated carbocycles. The second-order valence-electron chi connectivity index (χ2n) is 5.62. The van der Waals surface area contributed by atoms with Crippen LogP contribution in [0.15, 0.2) is 0 Å². The van der Waals surface area contributed by atoms with Crippen molar-refractivity contribution in [3.8, 4) is 0 Å². The first kappa shape index (κ1) is 24.8. The van der Waals surface area contributed by atoms with E-state index in [1.807, 2.05) is 0 Å². The Balaban J connectivity index is 0. The first-order valence-electron chi connectivity index (χ1n) is 8.02. The molecule has 5 nitrogen and oxygen atoms in total. The third-order valence-corrected chi connectivity index (χ3v) is 4.38. The van der Waals surface area contributed by atoms with Crippen LogP contribution in [0.2, 0.25) is 0 Å². The van der Waals surface area contributed by atoms with Crippen LogP contribution in [0.5, 0.6) is 0 Å². The van der Waals surface area contributed by atoms with Crippen LogP contribution in [0.4, 0.5) is 0 Å². The minimum Gasteiger partial charge on any atom is -0.746 e. The van der Waals surface area contributed by atoms with Crippen molar-refractivity contribution in [2.75, 3.05) is 0 Å². The largest absolute Gasteiger partial charge is 1.00 e. The number of Topliss-reactive ketones (excluding diaryl/α,β-unsaturated/α-hetero) is 1. The number of hydrogen-bond donors (Lipinski definition) is 1. The van der Waals surface area contributed by atoms with Crippen LogP contribution in [0.3, 0.4) is 0 Å². The number of aliphatic hydroxyl groups is 1. The van der Waals surface area contributed by atoms with Crippen molar-refractivity contribution in [1.82, 2.24) is 0 Å². The van der Waals surface area contributed by atoms with E-state index >= 15 is 0 Å². The molecule has 0 heterocycles. The van der Waals surface area contributed by atoms with Gasteiger partial charge < -0.3 is 9.66 Å². The van der Waals surface area contributed by atoms with E-state index in [0.717, 1.165) is 19.3 Å². The van der Waals surface area contributed by atoms with E-state index in [0.29, 0.717) is 6.42 Å². The molecule has 0 aliphatic heterocycles. The van der Waals surface area contributed by atoms with E-state index in [1.165, 1.54) is 38.5 Å². The van der Waals surface area contributed by atoms with Crippen molar-refractivity contribution in [2.24, 2.45) is 0 Å². The van der Waals surface area contributed by atoms with Crippen molar-refractivity contribution in [1.29, 1.82) is 0 Å². The molecular weight excluding hydrogens is 315 g/mol. The zero-order chi connectivity index (χ0) is 16.1. The zero-order valence-electron chi connectivity index (χ0n) is 14.1. The fraction of sp³-hybridized carbons (Fsp3) is 0.933. The summed E-state index contributed by atoms with van der Waals surface area (Å²) in [5.41, 5.74) is -2.09. The quantitative estimate of drug-likeness (QED) is 0.274. The van der Waals surface area contributed by atoms with E-state index < -0.39 is 22.0 Å². The molecule has 0 rings (SSSR count).